The number of nitrogens with one attached hydrogen (secondary N) is 1. The molecule has 2 heterocycles. The first-order valence-corrected chi connectivity index (χ1v) is 4.43. The van der Waals surface area contributed by atoms with E-state index in [4.69, 9.17) is 11.1 Å². The van der Waals surface area contributed by atoms with Gasteiger partial charge < -0.3 is 5.73 Å². The van der Waals surface area contributed by atoms with Gasteiger partial charge in [0.1, 0.15) is 0 Å². The third kappa shape index (κ3) is 1.59. The number of amidine groups is 1. The summed E-state index contributed by atoms with van der Waals surface area (Å²) in [6, 6.07) is 5.97. The Hall–Kier alpha value is -1.84. The lowest BCUT2D eigenvalue weighted by molar-refractivity contribution is 0.922. The highest BCUT2D eigenvalue weighted by Crippen LogP contribution is 2.08. The van der Waals surface area contributed by atoms with Gasteiger partial charge in [-0.2, -0.15) is 5.10 Å². The second kappa shape index (κ2) is 3.14. The molecule has 3 N–H and O–H groups in total. The third-order valence-electron chi connectivity index (χ3n) is 2.04. The molecule has 0 aromatic carbocycles. The summed E-state index contributed by atoms with van der Waals surface area (Å²) in [6.45, 7) is 1.96. The van der Waals surface area contributed by atoms with Crippen molar-refractivity contribution in [2.75, 3.05) is 0 Å². The standard InChI is InChI=1S/C10H12N4/c1-7-4-9-3-2-8(5-10(11)12)6-14(9)13-7/h2-4,6H,5H2,1H3,(H3,11,12). The van der Waals surface area contributed by atoms with Crippen LogP contribution in [0.5, 0.6) is 0 Å². The van der Waals surface area contributed by atoms with Crippen molar-refractivity contribution in [2.45, 2.75) is 13.3 Å². The Bertz CT molecular complexity index is 484. The summed E-state index contributed by atoms with van der Waals surface area (Å²) in [5, 5.41) is 11.5. The zero-order valence-corrected chi connectivity index (χ0v) is 7.99. The average molecular weight is 188 g/mol. The first-order valence-electron chi connectivity index (χ1n) is 4.43. The summed E-state index contributed by atoms with van der Waals surface area (Å²) >= 11 is 0. The predicted octanol–water partition coefficient (Wildman–Crippen LogP) is 1.12. The maximum absolute atomic E-state index is 7.19. The molecular formula is C10H12N4. The second-order valence-corrected chi connectivity index (χ2v) is 3.39. The van der Waals surface area contributed by atoms with Gasteiger partial charge in [0.15, 0.2) is 0 Å². The zero-order valence-electron chi connectivity index (χ0n) is 7.99. The van der Waals surface area contributed by atoms with Crippen LogP contribution in [0.25, 0.3) is 5.52 Å². The van der Waals surface area contributed by atoms with E-state index >= 15 is 0 Å². The largest absolute Gasteiger partial charge is 0.387 e. The minimum absolute atomic E-state index is 0.174. The van der Waals surface area contributed by atoms with E-state index in [1.165, 1.54) is 0 Å². The molecule has 0 radical (unpaired) electrons. The first-order chi connectivity index (χ1) is 6.65. The van der Waals surface area contributed by atoms with Crippen molar-refractivity contribution in [3.63, 3.8) is 0 Å². The van der Waals surface area contributed by atoms with E-state index in [0.29, 0.717) is 6.42 Å². The molecule has 0 atom stereocenters. The summed E-state index contributed by atoms with van der Waals surface area (Å²) in [5.41, 5.74) is 8.39. The van der Waals surface area contributed by atoms with Gasteiger partial charge in [0, 0.05) is 12.6 Å². The Kier molecular flexibility index (Phi) is 1.96. The van der Waals surface area contributed by atoms with Crippen molar-refractivity contribution in [1.29, 1.82) is 5.41 Å². The number of pyridine rings is 1. The Morgan fingerprint density at radius 2 is 2.36 bits per heavy atom. The topological polar surface area (TPSA) is 67.2 Å². The summed E-state index contributed by atoms with van der Waals surface area (Å²) in [5.74, 6) is 0.174. The van der Waals surface area contributed by atoms with Gasteiger partial charge in [-0.1, -0.05) is 6.07 Å². The Balaban J connectivity index is 2.45. The maximum atomic E-state index is 7.19. The van der Waals surface area contributed by atoms with Crippen molar-refractivity contribution in [2.24, 2.45) is 5.73 Å². The van der Waals surface area contributed by atoms with Crippen molar-refractivity contribution < 1.29 is 0 Å². The molecule has 2 aromatic heterocycles. The number of rotatable bonds is 2. The molecule has 4 nitrogen and oxygen atoms in total. The van der Waals surface area contributed by atoms with E-state index in [1.54, 1.807) is 0 Å². The number of nitrogens with zero attached hydrogens (tertiary/aromatic N) is 2. The Morgan fingerprint density at radius 3 is 3.07 bits per heavy atom. The number of hydrogen-bond donors (Lipinski definition) is 2. The van der Waals surface area contributed by atoms with Crippen LogP contribution in [-0.2, 0) is 6.42 Å². The highest BCUT2D eigenvalue weighted by atomic mass is 15.2. The van der Waals surface area contributed by atoms with Crippen LogP contribution in [0.2, 0.25) is 0 Å². The van der Waals surface area contributed by atoms with Gasteiger partial charge in [-0.15, -0.1) is 0 Å². The molecule has 2 aromatic rings. The van der Waals surface area contributed by atoms with Gasteiger partial charge in [-0.05, 0) is 24.6 Å². The molecule has 0 spiro atoms. The lowest BCUT2D eigenvalue weighted by Crippen LogP contribution is -2.13. The van der Waals surface area contributed by atoms with Crippen molar-refractivity contribution in [3.8, 4) is 0 Å². The number of nitrogens with two attached hydrogens (primary N) is 1. The van der Waals surface area contributed by atoms with E-state index in [-0.39, 0.29) is 5.84 Å². The lowest BCUT2D eigenvalue weighted by Gasteiger charge is -1.99. The fraction of sp³-hybridized carbons (Fsp3) is 0.200. The van der Waals surface area contributed by atoms with E-state index in [9.17, 15) is 0 Å². The molecule has 0 unspecified atom stereocenters. The highest BCUT2D eigenvalue weighted by Gasteiger charge is 2.00. The minimum atomic E-state index is 0.174. The number of aromatic nitrogens is 2. The van der Waals surface area contributed by atoms with Crippen molar-refractivity contribution in [3.05, 3.63) is 35.7 Å². The van der Waals surface area contributed by atoms with Gasteiger partial charge in [0.05, 0.1) is 17.0 Å². The normalized spacial score (nSPS) is 10.6. The molecule has 14 heavy (non-hydrogen) atoms. The van der Waals surface area contributed by atoms with Crippen LogP contribution in [0.4, 0.5) is 0 Å². The molecule has 0 aliphatic rings. The van der Waals surface area contributed by atoms with E-state index in [0.717, 1.165) is 16.8 Å². The molecule has 0 bridgehead atoms. The monoisotopic (exact) mass is 188 g/mol. The zero-order chi connectivity index (χ0) is 10.1. The maximum Gasteiger partial charge on any atom is 0.0950 e. The van der Waals surface area contributed by atoms with Crippen LogP contribution in [0.15, 0.2) is 24.4 Å². The third-order valence-corrected chi connectivity index (χ3v) is 2.04. The molecule has 0 aliphatic heterocycles. The molecular weight excluding hydrogens is 176 g/mol. The van der Waals surface area contributed by atoms with Crippen LogP contribution in [-0.4, -0.2) is 15.4 Å². The van der Waals surface area contributed by atoms with E-state index in [2.05, 4.69) is 5.10 Å². The summed E-state index contributed by atoms with van der Waals surface area (Å²) in [7, 11) is 0. The molecule has 72 valence electrons. The molecule has 2 rings (SSSR count). The molecule has 0 aliphatic carbocycles. The average Bonchev–Trinajstić information content (AvgIpc) is 2.42. The fourth-order valence-electron chi connectivity index (χ4n) is 1.48. The van der Waals surface area contributed by atoms with Crippen LogP contribution < -0.4 is 5.73 Å². The number of fused-ring (bicyclic) bond motifs is 1. The number of aryl methyl sites for hydroxylation is 1. The minimum Gasteiger partial charge on any atom is -0.387 e. The SMILES string of the molecule is Cc1cc2ccc(CC(=N)N)cn2n1. The van der Waals surface area contributed by atoms with Gasteiger partial charge >= 0.3 is 0 Å². The highest BCUT2D eigenvalue weighted by molar-refractivity contribution is 5.79. The van der Waals surface area contributed by atoms with E-state index < -0.39 is 0 Å². The van der Waals surface area contributed by atoms with Crippen molar-refractivity contribution >= 4 is 11.4 Å². The van der Waals surface area contributed by atoms with Crippen LogP contribution >= 0.6 is 0 Å². The van der Waals surface area contributed by atoms with Gasteiger partial charge in [-0.3, -0.25) is 5.41 Å². The van der Waals surface area contributed by atoms with Crippen LogP contribution in [0.1, 0.15) is 11.3 Å². The molecule has 0 saturated carbocycles. The smallest absolute Gasteiger partial charge is 0.0950 e. The molecule has 0 saturated heterocycles. The Morgan fingerprint density at radius 1 is 1.57 bits per heavy atom. The van der Waals surface area contributed by atoms with Gasteiger partial charge in [0.25, 0.3) is 0 Å². The summed E-state index contributed by atoms with van der Waals surface area (Å²) in [6.07, 6.45) is 2.39. The predicted molar refractivity (Wildman–Crippen MR) is 55.5 cm³/mol. The Labute approximate surface area is 81.9 Å². The molecule has 4 heteroatoms. The number of hydrogen-bond acceptors (Lipinski definition) is 2. The first kappa shape index (κ1) is 8.74. The van der Waals surface area contributed by atoms with Crippen molar-refractivity contribution in [1.82, 2.24) is 9.61 Å². The second-order valence-electron chi connectivity index (χ2n) is 3.39. The fourth-order valence-corrected chi connectivity index (χ4v) is 1.48. The van der Waals surface area contributed by atoms with Gasteiger partial charge in [0.2, 0.25) is 0 Å². The summed E-state index contributed by atoms with van der Waals surface area (Å²) in [4.78, 5) is 0. The molecule has 0 amide bonds. The lowest BCUT2D eigenvalue weighted by atomic mass is 10.2. The van der Waals surface area contributed by atoms with E-state index in [1.807, 2.05) is 35.8 Å². The van der Waals surface area contributed by atoms with Crippen LogP contribution in [0, 0.1) is 12.3 Å². The van der Waals surface area contributed by atoms with Crippen LogP contribution in [0.3, 0.4) is 0 Å². The quantitative estimate of drug-likeness (QED) is 0.547. The summed E-state index contributed by atoms with van der Waals surface area (Å²) < 4.78 is 1.81. The van der Waals surface area contributed by atoms with Gasteiger partial charge in [-0.25, -0.2) is 4.52 Å². The molecule has 0 fully saturated rings.